The normalized spacial score (nSPS) is 13.4. The number of imide groups is 1. The topological polar surface area (TPSA) is 164 Å². The molecule has 10 nitrogen and oxygen atoms in total. The maximum absolute atomic E-state index is 13.0. The smallest absolute Gasteiger partial charge is 0.276 e. The second-order valence-electron chi connectivity index (χ2n) is 9.86. The van der Waals surface area contributed by atoms with Crippen molar-refractivity contribution in [2.24, 2.45) is 11.6 Å². The summed E-state index contributed by atoms with van der Waals surface area (Å²) in [7, 11) is 0. The first-order chi connectivity index (χ1) is 19.8. The fourth-order valence-corrected chi connectivity index (χ4v) is 4.42. The third-order valence-corrected chi connectivity index (χ3v) is 6.57. The maximum Gasteiger partial charge on any atom is 0.276 e. The molecule has 4 aromatic rings. The Balaban J connectivity index is 1.35. The van der Waals surface area contributed by atoms with Gasteiger partial charge in [0.05, 0.1) is 30.1 Å². The van der Waals surface area contributed by atoms with Crippen LogP contribution in [0.3, 0.4) is 0 Å². The largest absolute Gasteiger partial charge is 0.390 e. The zero-order valence-electron chi connectivity index (χ0n) is 22.5. The molecule has 0 aliphatic carbocycles. The van der Waals surface area contributed by atoms with Gasteiger partial charge in [-0.15, -0.1) is 0 Å². The second kappa shape index (κ2) is 14.2. The van der Waals surface area contributed by atoms with E-state index in [0.29, 0.717) is 18.5 Å². The minimum Gasteiger partial charge on any atom is -0.390 e. The summed E-state index contributed by atoms with van der Waals surface area (Å²) in [5, 5.41) is 18.4. The molecule has 0 saturated heterocycles. The highest BCUT2D eigenvalue weighted by molar-refractivity contribution is 6.05. The Bertz CT molecular complexity index is 1470. The predicted molar refractivity (Wildman–Crippen MR) is 156 cm³/mol. The number of aliphatic hydroxyl groups is 1. The molecule has 0 aliphatic heterocycles. The molecule has 0 saturated carbocycles. The lowest BCUT2D eigenvalue weighted by molar-refractivity contribution is -0.128. The van der Waals surface area contributed by atoms with Crippen molar-refractivity contribution < 1.29 is 19.5 Å². The van der Waals surface area contributed by atoms with Crippen LogP contribution in [-0.2, 0) is 22.6 Å². The minimum absolute atomic E-state index is 0.0722. The van der Waals surface area contributed by atoms with Crippen molar-refractivity contribution in [3.05, 3.63) is 114 Å². The fourth-order valence-electron chi connectivity index (χ4n) is 4.42. The Morgan fingerprint density at radius 2 is 1.49 bits per heavy atom. The van der Waals surface area contributed by atoms with Gasteiger partial charge in [0.25, 0.3) is 5.91 Å². The number of hydrogen-bond donors (Lipinski definition) is 5. The number of pyridine rings is 1. The van der Waals surface area contributed by atoms with Crippen molar-refractivity contribution in [1.29, 1.82) is 0 Å². The molecule has 0 radical (unpaired) electrons. The summed E-state index contributed by atoms with van der Waals surface area (Å²) in [4.78, 5) is 42.4. The first-order valence-electron chi connectivity index (χ1n) is 13.3. The zero-order chi connectivity index (χ0) is 29.2. The summed E-state index contributed by atoms with van der Waals surface area (Å²) in [5.41, 5.74) is 8.60. The fraction of sp³-hybridized carbons (Fsp3) is 0.226. The van der Waals surface area contributed by atoms with Crippen molar-refractivity contribution in [2.45, 2.75) is 37.6 Å². The average molecular weight is 555 g/mol. The lowest BCUT2D eigenvalue weighted by Gasteiger charge is -2.29. The Hall–Kier alpha value is -4.48. The molecular formula is C31H34N6O4. The number of aliphatic hydroxyl groups excluding tert-OH is 1. The second-order valence-corrected chi connectivity index (χ2v) is 9.86. The third kappa shape index (κ3) is 8.75. The van der Waals surface area contributed by atoms with Gasteiger partial charge in [-0.1, -0.05) is 84.9 Å². The molecule has 7 N–H and O–H groups in total. The van der Waals surface area contributed by atoms with E-state index in [1.807, 2.05) is 72.8 Å². The number of carbonyl (C=O) groups excluding carboxylic acids is 3. The number of nitrogens with one attached hydrogen (secondary N) is 2. The van der Waals surface area contributed by atoms with Crippen molar-refractivity contribution >= 4 is 28.6 Å². The van der Waals surface area contributed by atoms with E-state index in [1.54, 1.807) is 18.2 Å². The molecule has 0 bridgehead atoms. The van der Waals surface area contributed by atoms with Crippen LogP contribution in [0.1, 0.15) is 28.0 Å². The Morgan fingerprint density at radius 3 is 2.20 bits per heavy atom. The molecular weight excluding hydrogens is 520 g/mol. The van der Waals surface area contributed by atoms with Gasteiger partial charge in [-0.25, -0.2) is 9.99 Å². The predicted octanol–water partition coefficient (Wildman–Crippen LogP) is 1.67. The van der Waals surface area contributed by atoms with Crippen LogP contribution in [0.5, 0.6) is 0 Å². The number of hydrazine groups is 1. The van der Waals surface area contributed by atoms with E-state index in [4.69, 9.17) is 11.6 Å². The van der Waals surface area contributed by atoms with E-state index < -0.39 is 42.3 Å². The summed E-state index contributed by atoms with van der Waals surface area (Å²) in [6, 6.07) is 27.5. The number of carbonyl (C=O) groups is 3. The van der Waals surface area contributed by atoms with E-state index in [9.17, 15) is 19.5 Å². The maximum atomic E-state index is 13.0. The number of para-hydroxylation sites is 1. The summed E-state index contributed by atoms with van der Waals surface area (Å²) in [5.74, 6) is 4.12. The van der Waals surface area contributed by atoms with Crippen LogP contribution in [0.25, 0.3) is 10.9 Å². The van der Waals surface area contributed by atoms with E-state index in [2.05, 4.69) is 15.6 Å². The Kier molecular flexibility index (Phi) is 10.2. The molecule has 3 aromatic carbocycles. The summed E-state index contributed by atoms with van der Waals surface area (Å²) >= 11 is 0. The van der Waals surface area contributed by atoms with Crippen molar-refractivity contribution in [2.75, 3.05) is 6.54 Å². The molecule has 0 fully saturated rings. The van der Waals surface area contributed by atoms with E-state index >= 15 is 0 Å². The highest BCUT2D eigenvalue weighted by Gasteiger charge is 2.27. The van der Waals surface area contributed by atoms with Gasteiger partial charge in [-0.2, -0.15) is 0 Å². The first-order valence-corrected chi connectivity index (χ1v) is 13.3. The van der Waals surface area contributed by atoms with Gasteiger partial charge in [0, 0.05) is 18.5 Å². The number of rotatable bonds is 12. The number of amides is 3. The summed E-state index contributed by atoms with van der Waals surface area (Å²) in [6.07, 6.45) is -1.15. The van der Waals surface area contributed by atoms with Gasteiger partial charge < -0.3 is 16.2 Å². The number of benzene rings is 3. The molecule has 41 heavy (non-hydrogen) atoms. The molecule has 1 heterocycles. The molecule has 10 heteroatoms. The number of nitrogens with zero attached hydrogens (tertiary/aromatic N) is 2. The van der Waals surface area contributed by atoms with Crippen LogP contribution < -0.4 is 22.2 Å². The van der Waals surface area contributed by atoms with Crippen LogP contribution in [-0.4, -0.2) is 57.6 Å². The van der Waals surface area contributed by atoms with Crippen molar-refractivity contribution in [3.63, 3.8) is 0 Å². The number of fused-ring (bicyclic) bond motifs is 1. The molecule has 0 aliphatic rings. The van der Waals surface area contributed by atoms with Crippen LogP contribution in [0.15, 0.2) is 97.1 Å². The van der Waals surface area contributed by atoms with Crippen LogP contribution in [0.2, 0.25) is 0 Å². The molecule has 3 atom stereocenters. The van der Waals surface area contributed by atoms with Crippen LogP contribution in [0, 0.1) is 0 Å². The standard InChI is InChI=1S/C31H34N6O4/c32-24(18-29(39)36-31(41)26-16-15-23-13-7-8-14-25(23)34-26)30(40)35-27(17-21-9-3-1-4-10-21)28(38)20-37(33)19-22-11-5-2-6-12-22/h1-16,24,27-28,38H,17-20,32-33H2,(H,35,40)(H,36,39,41)/t24-,27?,28?/m0/s1. The minimum atomic E-state index is -1.25. The molecule has 0 spiro atoms. The monoisotopic (exact) mass is 554 g/mol. The van der Waals surface area contributed by atoms with Gasteiger partial charge in [0.15, 0.2) is 0 Å². The lowest BCUT2D eigenvalue weighted by atomic mass is 10.00. The van der Waals surface area contributed by atoms with Gasteiger partial charge in [0.2, 0.25) is 11.8 Å². The lowest BCUT2D eigenvalue weighted by Crippen LogP contribution is -2.54. The van der Waals surface area contributed by atoms with Gasteiger partial charge in [0.1, 0.15) is 5.69 Å². The Morgan fingerprint density at radius 1 is 0.854 bits per heavy atom. The number of nitrogens with two attached hydrogens (primary N) is 2. The molecule has 3 amide bonds. The van der Waals surface area contributed by atoms with E-state index in [-0.39, 0.29) is 12.2 Å². The van der Waals surface area contributed by atoms with Crippen molar-refractivity contribution in [1.82, 2.24) is 20.6 Å². The highest BCUT2D eigenvalue weighted by atomic mass is 16.3. The third-order valence-electron chi connectivity index (χ3n) is 6.57. The SMILES string of the molecule is N[C@@H](CC(=O)NC(=O)c1ccc2ccccc2n1)C(=O)NC(Cc1ccccc1)C(O)CN(N)Cc1ccccc1. The van der Waals surface area contributed by atoms with E-state index in [0.717, 1.165) is 16.5 Å². The van der Waals surface area contributed by atoms with Crippen molar-refractivity contribution in [3.8, 4) is 0 Å². The van der Waals surface area contributed by atoms with E-state index in [1.165, 1.54) is 11.1 Å². The molecule has 2 unspecified atom stereocenters. The zero-order valence-corrected chi connectivity index (χ0v) is 22.5. The number of hydrogen-bond acceptors (Lipinski definition) is 8. The molecule has 4 rings (SSSR count). The molecule has 1 aromatic heterocycles. The average Bonchev–Trinajstić information content (AvgIpc) is 2.97. The molecule has 212 valence electrons. The number of aromatic nitrogens is 1. The van der Waals surface area contributed by atoms with Crippen LogP contribution >= 0.6 is 0 Å². The van der Waals surface area contributed by atoms with Gasteiger partial charge in [-0.05, 0) is 29.7 Å². The highest BCUT2D eigenvalue weighted by Crippen LogP contribution is 2.12. The first kappa shape index (κ1) is 29.5. The Labute approximate surface area is 238 Å². The van der Waals surface area contributed by atoms with Gasteiger partial charge in [-0.3, -0.25) is 25.5 Å². The summed E-state index contributed by atoms with van der Waals surface area (Å²) in [6.45, 7) is 0.485. The van der Waals surface area contributed by atoms with Gasteiger partial charge >= 0.3 is 0 Å². The quantitative estimate of drug-likeness (QED) is 0.130. The summed E-state index contributed by atoms with van der Waals surface area (Å²) < 4.78 is 0. The van der Waals surface area contributed by atoms with Crippen LogP contribution in [0.4, 0.5) is 0 Å².